The normalized spacial score (nSPS) is 11.5. The van der Waals surface area contributed by atoms with Gasteiger partial charge in [-0.05, 0) is 35.9 Å². The van der Waals surface area contributed by atoms with Crippen molar-refractivity contribution in [2.45, 2.75) is 19.0 Å². The lowest BCUT2D eigenvalue weighted by Crippen LogP contribution is -2.34. The first-order chi connectivity index (χ1) is 15.4. The number of benzene rings is 3. The first-order valence-electron chi connectivity index (χ1n) is 10.1. The standard InChI is InChI=1S/C25H24BrClN2O3/c1-29(16-18-14-19(26)12-13-23(18)32-2)24(30)15-22(17-8-4-3-5-9-17)28-25(31)20-10-6-7-11-21(20)27/h3-14,22H,15-16H2,1-2H3,(H,28,31)/t22-/m1/s1. The third kappa shape index (κ3) is 6.11. The quantitative estimate of drug-likeness (QED) is 0.423. The van der Waals surface area contributed by atoms with Gasteiger partial charge in [0.25, 0.3) is 5.91 Å². The van der Waals surface area contributed by atoms with Crippen molar-refractivity contribution in [1.29, 1.82) is 0 Å². The van der Waals surface area contributed by atoms with Crippen LogP contribution in [-0.2, 0) is 11.3 Å². The van der Waals surface area contributed by atoms with Gasteiger partial charge in [0, 0.05) is 23.6 Å². The average Bonchev–Trinajstić information content (AvgIpc) is 2.79. The zero-order chi connectivity index (χ0) is 23.1. The SMILES string of the molecule is COc1ccc(Br)cc1CN(C)C(=O)C[C@@H](NC(=O)c1ccccc1Cl)c1ccccc1. The Hall–Kier alpha value is -2.83. The fraction of sp³-hybridized carbons (Fsp3) is 0.200. The fourth-order valence-electron chi connectivity index (χ4n) is 3.36. The van der Waals surface area contributed by atoms with E-state index in [1.54, 1.807) is 43.3 Å². The summed E-state index contributed by atoms with van der Waals surface area (Å²) in [6.07, 6.45) is 0.104. The summed E-state index contributed by atoms with van der Waals surface area (Å²) in [7, 11) is 3.34. The van der Waals surface area contributed by atoms with Crippen molar-refractivity contribution >= 4 is 39.3 Å². The molecule has 3 rings (SSSR count). The van der Waals surface area contributed by atoms with Gasteiger partial charge < -0.3 is 15.0 Å². The highest BCUT2D eigenvalue weighted by molar-refractivity contribution is 9.10. The molecule has 2 amide bonds. The Balaban J connectivity index is 1.77. The molecule has 3 aromatic carbocycles. The van der Waals surface area contributed by atoms with Crippen LogP contribution in [0, 0.1) is 0 Å². The third-order valence-electron chi connectivity index (χ3n) is 5.08. The molecule has 1 atom stereocenters. The maximum Gasteiger partial charge on any atom is 0.253 e. The molecule has 7 heteroatoms. The number of rotatable bonds is 8. The van der Waals surface area contributed by atoms with E-state index in [1.165, 1.54) is 0 Å². The molecule has 0 fully saturated rings. The summed E-state index contributed by atoms with van der Waals surface area (Å²) in [6, 6.07) is 21.4. The molecule has 0 aliphatic rings. The van der Waals surface area contributed by atoms with E-state index >= 15 is 0 Å². The van der Waals surface area contributed by atoms with E-state index in [-0.39, 0.29) is 18.2 Å². The first-order valence-corrected chi connectivity index (χ1v) is 11.2. The van der Waals surface area contributed by atoms with Crippen LogP contribution in [0.4, 0.5) is 0 Å². The summed E-state index contributed by atoms with van der Waals surface area (Å²) >= 11 is 9.65. The van der Waals surface area contributed by atoms with Gasteiger partial charge in [-0.1, -0.05) is 70.0 Å². The molecule has 0 saturated carbocycles. The lowest BCUT2D eigenvalue weighted by molar-refractivity contribution is -0.130. The monoisotopic (exact) mass is 514 g/mol. The second-order valence-corrected chi connectivity index (χ2v) is 8.65. The van der Waals surface area contributed by atoms with Crippen molar-refractivity contribution in [2.24, 2.45) is 0 Å². The second kappa shape index (κ2) is 11.2. The number of methoxy groups -OCH3 is 1. The number of hydrogen-bond donors (Lipinski definition) is 1. The summed E-state index contributed by atoms with van der Waals surface area (Å²) in [6.45, 7) is 0.376. The molecule has 0 aliphatic carbocycles. The molecule has 0 unspecified atom stereocenters. The highest BCUT2D eigenvalue weighted by atomic mass is 79.9. The van der Waals surface area contributed by atoms with E-state index in [0.29, 0.717) is 22.9 Å². The van der Waals surface area contributed by atoms with Gasteiger partial charge in [-0.15, -0.1) is 0 Å². The average molecular weight is 516 g/mol. The molecular formula is C25H24BrClN2O3. The topological polar surface area (TPSA) is 58.6 Å². The first kappa shape index (κ1) is 23.8. The molecule has 1 N–H and O–H groups in total. The molecule has 0 spiro atoms. The lowest BCUT2D eigenvalue weighted by atomic mass is 10.0. The molecule has 0 heterocycles. The fourth-order valence-corrected chi connectivity index (χ4v) is 3.99. The highest BCUT2D eigenvalue weighted by Gasteiger charge is 2.22. The van der Waals surface area contributed by atoms with Gasteiger partial charge in [0.15, 0.2) is 0 Å². The van der Waals surface area contributed by atoms with Gasteiger partial charge in [0.1, 0.15) is 5.75 Å². The smallest absolute Gasteiger partial charge is 0.253 e. The predicted octanol–water partition coefficient (Wildman–Crippen LogP) is 5.63. The Morgan fingerprint density at radius 2 is 1.75 bits per heavy atom. The van der Waals surface area contributed by atoms with Crippen molar-refractivity contribution in [3.63, 3.8) is 0 Å². The zero-order valence-electron chi connectivity index (χ0n) is 17.8. The molecular weight excluding hydrogens is 492 g/mol. The predicted molar refractivity (Wildman–Crippen MR) is 130 cm³/mol. The van der Waals surface area contributed by atoms with Crippen molar-refractivity contribution in [3.05, 3.63) is 99.0 Å². The number of hydrogen-bond acceptors (Lipinski definition) is 3. The maximum atomic E-state index is 13.1. The Bertz CT molecular complexity index is 1090. The molecule has 0 aromatic heterocycles. The lowest BCUT2D eigenvalue weighted by Gasteiger charge is -2.24. The number of nitrogens with one attached hydrogen (secondary N) is 1. The maximum absolute atomic E-state index is 13.1. The summed E-state index contributed by atoms with van der Waals surface area (Å²) < 4.78 is 6.32. The van der Waals surface area contributed by atoms with E-state index in [0.717, 1.165) is 15.6 Å². The van der Waals surface area contributed by atoms with Crippen LogP contribution in [0.2, 0.25) is 5.02 Å². The second-order valence-electron chi connectivity index (χ2n) is 7.33. The van der Waals surface area contributed by atoms with Gasteiger partial charge in [-0.25, -0.2) is 0 Å². The Morgan fingerprint density at radius 3 is 2.44 bits per heavy atom. The minimum absolute atomic E-state index is 0.104. The van der Waals surface area contributed by atoms with E-state index in [9.17, 15) is 9.59 Å². The van der Waals surface area contributed by atoms with E-state index in [2.05, 4.69) is 21.2 Å². The molecule has 32 heavy (non-hydrogen) atoms. The van der Waals surface area contributed by atoms with Crippen LogP contribution in [0.1, 0.15) is 33.9 Å². The van der Waals surface area contributed by atoms with Crippen molar-refractivity contribution in [2.75, 3.05) is 14.2 Å². The molecule has 0 radical (unpaired) electrons. The van der Waals surface area contributed by atoms with Crippen LogP contribution in [0.3, 0.4) is 0 Å². The molecule has 0 bridgehead atoms. The third-order valence-corrected chi connectivity index (χ3v) is 5.90. The summed E-state index contributed by atoms with van der Waals surface area (Å²) in [5, 5.41) is 3.33. The number of nitrogens with zero attached hydrogens (tertiary/aromatic N) is 1. The molecule has 0 aliphatic heterocycles. The van der Waals surface area contributed by atoms with Crippen LogP contribution in [-0.4, -0.2) is 30.9 Å². The van der Waals surface area contributed by atoms with Crippen LogP contribution in [0.5, 0.6) is 5.75 Å². The zero-order valence-corrected chi connectivity index (χ0v) is 20.2. The minimum Gasteiger partial charge on any atom is -0.496 e. The number of halogens is 2. The summed E-state index contributed by atoms with van der Waals surface area (Å²) in [5.41, 5.74) is 2.10. The Kier molecular flexibility index (Phi) is 8.31. The van der Waals surface area contributed by atoms with Gasteiger partial charge in [0.2, 0.25) is 5.91 Å². The van der Waals surface area contributed by atoms with Gasteiger partial charge in [-0.2, -0.15) is 0 Å². The number of carbonyl (C=O) groups excluding carboxylic acids is 2. The minimum atomic E-state index is -0.501. The van der Waals surface area contributed by atoms with E-state index in [4.69, 9.17) is 16.3 Å². The number of carbonyl (C=O) groups is 2. The number of amides is 2. The summed E-state index contributed by atoms with van der Waals surface area (Å²) in [5.74, 6) is 0.272. The highest BCUT2D eigenvalue weighted by Crippen LogP contribution is 2.25. The molecule has 3 aromatic rings. The van der Waals surface area contributed by atoms with E-state index < -0.39 is 6.04 Å². The van der Waals surface area contributed by atoms with Crippen molar-refractivity contribution in [3.8, 4) is 5.75 Å². The van der Waals surface area contributed by atoms with Gasteiger partial charge in [0.05, 0.1) is 30.2 Å². The summed E-state index contributed by atoms with van der Waals surface area (Å²) in [4.78, 5) is 27.6. The van der Waals surface area contributed by atoms with Crippen molar-refractivity contribution < 1.29 is 14.3 Å². The Morgan fingerprint density at radius 1 is 1.06 bits per heavy atom. The molecule has 5 nitrogen and oxygen atoms in total. The molecule has 0 saturated heterocycles. The van der Waals surface area contributed by atoms with Crippen LogP contribution in [0.25, 0.3) is 0 Å². The van der Waals surface area contributed by atoms with E-state index in [1.807, 2.05) is 48.5 Å². The van der Waals surface area contributed by atoms with Crippen molar-refractivity contribution in [1.82, 2.24) is 10.2 Å². The van der Waals surface area contributed by atoms with Gasteiger partial charge in [-0.3, -0.25) is 9.59 Å². The van der Waals surface area contributed by atoms with Gasteiger partial charge >= 0.3 is 0 Å². The largest absolute Gasteiger partial charge is 0.496 e. The Labute approximate surface area is 201 Å². The van der Waals surface area contributed by atoms with Crippen LogP contribution in [0.15, 0.2) is 77.3 Å². The number of ether oxygens (including phenoxy) is 1. The molecule has 166 valence electrons. The van der Waals surface area contributed by atoms with Crippen LogP contribution < -0.4 is 10.1 Å². The van der Waals surface area contributed by atoms with Crippen LogP contribution >= 0.6 is 27.5 Å².